The summed E-state index contributed by atoms with van der Waals surface area (Å²) in [6, 6.07) is 9.08. The number of hydrogen-bond acceptors (Lipinski definition) is 7. The minimum atomic E-state index is -1.40. The highest BCUT2D eigenvalue weighted by Gasteiger charge is 2.26. The number of nitrogens with zero attached hydrogens (tertiary/aromatic N) is 2. The van der Waals surface area contributed by atoms with Crippen molar-refractivity contribution in [1.82, 2.24) is 8.75 Å². The Hall–Kier alpha value is -3.46. The molecule has 1 heterocycles. The van der Waals surface area contributed by atoms with Crippen LogP contribution in [0.5, 0.6) is 11.5 Å². The number of carboxylic acid groups (broad SMARTS) is 2. The van der Waals surface area contributed by atoms with Crippen LogP contribution in [-0.4, -0.2) is 45.1 Å². The van der Waals surface area contributed by atoms with Gasteiger partial charge in [0, 0.05) is 11.6 Å². The van der Waals surface area contributed by atoms with Crippen molar-refractivity contribution >= 4 is 45.8 Å². The van der Waals surface area contributed by atoms with Crippen LogP contribution in [0, 0.1) is 0 Å². The van der Waals surface area contributed by atoms with Crippen molar-refractivity contribution in [3.05, 3.63) is 47.5 Å². The Balaban J connectivity index is 2.32. The van der Waals surface area contributed by atoms with Crippen LogP contribution < -0.4 is 9.47 Å². The van der Waals surface area contributed by atoms with Gasteiger partial charge in [0.05, 0.1) is 37.1 Å². The first kappa shape index (κ1) is 18.3. The molecule has 0 fully saturated rings. The number of ether oxygens (including phenoxy) is 2. The molecule has 0 atom stereocenters. The van der Waals surface area contributed by atoms with Crippen LogP contribution in [0.15, 0.2) is 36.4 Å². The maximum Gasteiger partial charge on any atom is 0.337 e. The van der Waals surface area contributed by atoms with Crippen molar-refractivity contribution in [3.8, 4) is 11.5 Å². The molecule has 8 nitrogen and oxygen atoms in total. The van der Waals surface area contributed by atoms with Gasteiger partial charge in [-0.1, -0.05) is 6.07 Å². The predicted octanol–water partition coefficient (Wildman–Crippen LogP) is 2.79. The van der Waals surface area contributed by atoms with Gasteiger partial charge in [-0.25, -0.2) is 9.59 Å². The minimum Gasteiger partial charge on any atom is -0.497 e. The third-order valence-electron chi connectivity index (χ3n) is 3.90. The molecule has 138 valence electrons. The van der Waals surface area contributed by atoms with Gasteiger partial charge in [0.1, 0.15) is 22.5 Å². The minimum absolute atomic E-state index is 0.125. The summed E-state index contributed by atoms with van der Waals surface area (Å²) in [7, 11) is 2.83. The molecule has 27 heavy (non-hydrogen) atoms. The summed E-state index contributed by atoms with van der Waals surface area (Å²) >= 11 is 0.989. The van der Waals surface area contributed by atoms with E-state index in [1.807, 2.05) is 0 Å². The van der Waals surface area contributed by atoms with Gasteiger partial charge in [0.15, 0.2) is 0 Å². The van der Waals surface area contributed by atoms with E-state index in [0.717, 1.165) is 11.7 Å². The second-order valence-electron chi connectivity index (χ2n) is 5.39. The molecule has 0 radical (unpaired) electrons. The molecule has 9 heteroatoms. The largest absolute Gasteiger partial charge is 0.497 e. The molecule has 0 bridgehead atoms. The van der Waals surface area contributed by atoms with Crippen molar-refractivity contribution in [1.29, 1.82) is 0 Å². The van der Waals surface area contributed by atoms with Crippen molar-refractivity contribution in [2.45, 2.75) is 0 Å². The lowest BCUT2D eigenvalue weighted by molar-refractivity contribution is -0.132. The van der Waals surface area contributed by atoms with E-state index in [9.17, 15) is 19.8 Å². The average Bonchev–Trinajstić information content (AvgIpc) is 3.12. The van der Waals surface area contributed by atoms with Crippen molar-refractivity contribution < 1.29 is 29.3 Å². The third-order valence-corrected chi connectivity index (χ3v) is 4.45. The molecule has 0 amide bonds. The van der Waals surface area contributed by atoms with Crippen LogP contribution in [-0.2, 0) is 9.59 Å². The van der Waals surface area contributed by atoms with Crippen molar-refractivity contribution in [2.75, 3.05) is 14.2 Å². The van der Waals surface area contributed by atoms with Gasteiger partial charge in [-0.15, -0.1) is 0 Å². The summed E-state index contributed by atoms with van der Waals surface area (Å²) in [5.74, 6) is -2.14. The highest BCUT2D eigenvalue weighted by molar-refractivity contribution is 7.00. The molecule has 0 aliphatic rings. The number of fused-ring (bicyclic) bond motifs is 1. The molecule has 2 aromatic carbocycles. The smallest absolute Gasteiger partial charge is 0.337 e. The van der Waals surface area contributed by atoms with E-state index < -0.39 is 17.5 Å². The third kappa shape index (κ3) is 3.44. The zero-order valence-electron chi connectivity index (χ0n) is 14.3. The van der Waals surface area contributed by atoms with Crippen molar-refractivity contribution in [3.63, 3.8) is 0 Å². The number of hydrogen-bond donors (Lipinski definition) is 2. The molecule has 0 aliphatic heterocycles. The topological polar surface area (TPSA) is 119 Å². The molecule has 0 spiro atoms. The van der Waals surface area contributed by atoms with Crippen LogP contribution in [0.25, 0.3) is 22.2 Å². The quantitative estimate of drug-likeness (QED) is 0.490. The van der Waals surface area contributed by atoms with E-state index in [4.69, 9.17) is 9.47 Å². The molecule has 2 N–H and O–H groups in total. The Kier molecular flexibility index (Phi) is 5.04. The molecule has 0 saturated carbocycles. The summed E-state index contributed by atoms with van der Waals surface area (Å²) < 4.78 is 18.5. The molecule has 0 saturated heterocycles. The maximum atomic E-state index is 12.0. The Morgan fingerprint density at radius 1 is 0.889 bits per heavy atom. The van der Waals surface area contributed by atoms with E-state index in [1.54, 1.807) is 6.07 Å². The van der Waals surface area contributed by atoms with E-state index in [-0.39, 0.29) is 22.4 Å². The fourth-order valence-electron chi connectivity index (χ4n) is 2.67. The van der Waals surface area contributed by atoms with Gasteiger partial charge in [0.25, 0.3) is 0 Å². The van der Waals surface area contributed by atoms with Crippen LogP contribution in [0.2, 0.25) is 0 Å². The lowest BCUT2D eigenvalue weighted by Gasteiger charge is -2.14. The first-order valence-corrected chi connectivity index (χ1v) is 8.35. The Bertz CT molecular complexity index is 1070. The molecule has 0 aliphatic carbocycles. The van der Waals surface area contributed by atoms with E-state index in [0.29, 0.717) is 16.8 Å². The first-order valence-electron chi connectivity index (χ1n) is 7.62. The molecule has 1 aromatic heterocycles. The molecular formula is C18H14N2O6S. The van der Waals surface area contributed by atoms with E-state index >= 15 is 0 Å². The molecular weight excluding hydrogens is 372 g/mol. The summed E-state index contributed by atoms with van der Waals surface area (Å²) in [5.41, 5.74) is 0.651. The normalized spacial score (nSPS) is 11.8. The SMILES string of the molecule is COc1ccc(C(C(=O)O)=C(C(=O)O)c2ccc3nsnc3c2)c(OC)c1. The Morgan fingerprint density at radius 2 is 1.59 bits per heavy atom. The summed E-state index contributed by atoms with van der Waals surface area (Å²) in [6.45, 7) is 0. The van der Waals surface area contributed by atoms with Crippen LogP contribution in [0.3, 0.4) is 0 Å². The van der Waals surface area contributed by atoms with Gasteiger partial charge < -0.3 is 19.7 Å². The number of aliphatic carboxylic acids is 2. The second kappa shape index (κ2) is 7.42. The fraction of sp³-hybridized carbons (Fsp3) is 0.111. The first-order chi connectivity index (χ1) is 13.0. The molecule has 3 aromatic rings. The number of benzene rings is 2. The number of carbonyl (C=O) groups is 2. The number of rotatable bonds is 6. The molecule has 0 unspecified atom stereocenters. The second-order valence-corrected chi connectivity index (χ2v) is 5.92. The molecule has 3 rings (SSSR count). The Labute approximate surface area is 157 Å². The van der Waals surface area contributed by atoms with Crippen LogP contribution >= 0.6 is 11.7 Å². The monoisotopic (exact) mass is 386 g/mol. The summed E-state index contributed by atoms with van der Waals surface area (Å²) in [6.07, 6.45) is 0. The lowest BCUT2D eigenvalue weighted by Crippen LogP contribution is -2.11. The van der Waals surface area contributed by atoms with E-state index in [1.165, 1.54) is 44.6 Å². The summed E-state index contributed by atoms with van der Waals surface area (Å²) in [5, 5.41) is 19.6. The zero-order chi connectivity index (χ0) is 19.6. The van der Waals surface area contributed by atoms with Gasteiger partial charge in [-0.05, 0) is 29.8 Å². The fourth-order valence-corrected chi connectivity index (χ4v) is 3.19. The Morgan fingerprint density at radius 3 is 2.22 bits per heavy atom. The van der Waals surface area contributed by atoms with Crippen LogP contribution in [0.1, 0.15) is 11.1 Å². The van der Waals surface area contributed by atoms with E-state index in [2.05, 4.69) is 8.75 Å². The predicted molar refractivity (Wildman–Crippen MR) is 99.0 cm³/mol. The van der Waals surface area contributed by atoms with Gasteiger partial charge in [0.2, 0.25) is 0 Å². The lowest BCUT2D eigenvalue weighted by atomic mass is 9.93. The number of aromatic nitrogens is 2. The number of methoxy groups -OCH3 is 2. The van der Waals surface area contributed by atoms with Gasteiger partial charge in [-0.3, -0.25) is 0 Å². The summed E-state index contributed by atoms with van der Waals surface area (Å²) in [4.78, 5) is 24.0. The standard InChI is InChI=1S/C18H14N2O6S/c1-25-10-4-5-11(14(8-10)26-2)16(18(23)24)15(17(21)22)9-3-6-12-13(7-9)20-27-19-12/h3-8H,1-2H3,(H,21,22)(H,23,24). The maximum absolute atomic E-state index is 12.0. The zero-order valence-corrected chi connectivity index (χ0v) is 15.1. The van der Waals surface area contributed by atoms with Crippen LogP contribution in [0.4, 0.5) is 0 Å². The average molecular weight is 386 g/mol. The highest BCUT2D eigenvalue weighted by atomic mass is 32.1. The van der Waals surface area contributed by atoms with Crippen molar-refractivity contribution in [2.24, 2.45) is 0 Å². The number of carboxylic acids is 2. The van der Waals surface area contributed by atoms with Gasteiger partial charge >= 0.3 is 11.9 Å². The highest BCUT2D eigenvalue weighted by Crippen LogP contribution is 2.35. The van der Waals surface area contributed by atoms with Gasteiger partial charge in [-0.2, -0.15) is 8.75 Å².